The molecule has 1 aromatic carbocycles. The molecule has 0 unspecified atom stereocenters. The van der Waals surface area contributed by atoms with Gasteiger partial charge in [-0.2, -0.15) is 0 Å². The van der Waals surface area contributed by atoms with Gasteiger partial charge in [0.15, 0.2) is 0 Å². The Hall–Kier alpha value is -1.46. The minimum absolute atomic E-state index is 0.215. The summed E-state index contributed by atoms with van der Waals surface area (Å²) in [5.74, 6) is 0. The third-order valence-corrected chi connectivity index (χ3v) is 4.62. The summed E-state index contributed by atoms with van der Waals surface area (Å²) in [5, 5.41) is 0.747. The van der Waals surface area contributed by atoms with Crippen LogP contribution in [0.15, 0.2) is 18.2 Å². The average Bonchev–Trinajstić information content (AvgIpc) is 2.49. The van der Waals surface area contributed by atoms with Gasteiger partial charge in [0, 0.05) is 43.4 Å². The van der Waals surface area contributed by atoms with Crippen LogP contribution < -0.4 is 5.73 Å². The SMILES string of the molecule is CN(C(=O)OC(C)(C)C)C1CCN(Cc2cc(N)ccc2Cl)CC1. The Morgan fingerprint density at radius 2 is 2.00 bits per heavy atom. The number of nitrogens with two attached hydrogens (primary N) is 1. The number of piperidine rings is 1. The molecule has 24 heavy (non-hydrogen) atoms. The molecular weight excluding hydrogens is 326 g/mol. The Bertz CT molecular complexity index is 578. The summed E-state index contributed by atoms with van der Waals surface area (Å²) in [6.07, 6.45) is 1.60. The van der Waals surface area contributed by atoms with Crippen molar-refractivity contribution in [3.63, 3.8) is 0 Å². The van der Waals surface area contributed by atoms with E-state index < -0.39 is 5.60 Å². The molecule has 1 aliphatic rings. The lowest BCUT2D eigenvalue weighted by Gasteiger charge is -2.37. The molecule has 0 radical (unpaired) electrons. The Balaban J connectivity index is 1.87. The molecule has 0 bridgehead atoms. The molecule has 0 saturated carbocycles. The van der Waals surface area contributed by atoms with E-state index in [1.165, 1.54) is 0 Å². The minimum atomic E-state index is -0.462. The van der Waals surface area contributed by atoms with Crippen molar-refractivity contribution in [1.29, 1.82) is 0 Å². The van der Waals surface area contributed by atoms with Gasteiger partial charge in [-0.15, -0.1) is 0 Å². The van der Waals surface area contributed by atoms with Crippen molar-refractivity contribution < 1.29 is 9.53 Å². The van der Waals surface area contributed by atoms with Crippen LogP contribution in [0.25, 0.3) is 0 Å². The van der Waals surface area contributed by atoms with Crippen LogP contribution in [0.1, 0.15) is 39.2 Å². The van der Waals surface area contributed by atoms with Gasteiger partial charge < -0.3 is 15.4 Å². The van der Waals surface area contributed by atoms with Gasteiger partial charge in [-0.3, -0.25) is 4.90 Å². The molecule has 1 aromatic rings. The molecule has 1 heterocycles. The smallest absolute Gasteiger partial charge is 0.410 e. The summed E-state index contributed by atoms with van der Waals surface area (Å²) in [6, 6.07) is 5.80. The number of halogens is 1. The van der Waals surface area contributed by atoms with E-state index in [4.69, 9.17) is 22.1 Å². The third-order valence-electron chi connectivity index (χ3n) is 4.25. The molecule has 1 amide bonds. The zero-order valence-electron chi connectivity index (χ0n) is 15.0. The van der Waals surface area contributed by atoms with E-state index in [9.17, 15) is 4.79 Å². The first kappa shape index (κ1) is 18.9. The van der Waals surface area contributed by atoms with Crippen molar-refractivity contribution >= 4 is 23.4 Å². The topological polar surface area (TPSA) is 58.8 Å². The van der Waals surface area contributed by atoms with Crippen LogP contribution in [0.4, 0.5) is 10.5 Å². The van der Waals surface area contributed by atoms with Crippen LogP contribution in [0.5, 0.6) is 0 Å². The summed E-state index contributed by atoms with van der Waals surface area (Å²) in [4.78, 5) is 16.3. The second kappa shape index (κ2) is 7.62. The van der Waals surface area contributed by atoms with Gasteiger partial charge in [-0.05, 0) is 57.4 Å². The Labute approximate surface area is 149 Å². The van der Waals surface area contributed by atoms with E-state index in [1.807, 2.05) is 46.0 Å². The van der Waals surface area contributed by atoms with Gasteiger partial charge in [0.1, 0.15) is 5.60 Å². The monoisotopic (exact) mass is 353 g/mol. The van der Waals surface area contributed by atoms with Gasteiger partial charge in [0.05, 0.1) is 0 Å². The van der Waals surface area contributed by atoms with Gasteiger partial charge in [0.2, 0.25) is 0 Å². The van der Waals surface area contributed by atoms with Crippen LogP contribution in [-0.4, -0.2) is 47.7 Å². The normalized spacial score (nSPS) is 16.9. The molecule has 1 fully saturated rings. The number of ether oxygens (including phenoxy) is 1. The summed E-state index contributed by atoms with van der Waals surface area (Å²) in [6.45, 7) is 8.28. The molecule has 2 N–H and O–H groups in total. The fraction of sp³-hybridized carbons (Fsp3) is 0.611. The fourth-order valence-corrected chi connectivity index (χ4v) is 3.08. The first-order chi connectivity index (χ1) is 11.2. The molecule has 5 nitrogen and oxygen atoms in total. The Morgan fingerprint density at radius 3 is 2.58 bits per heavy atom. The van der Waals surface area contributed by atoms with E-state index in [0.717, 1.165) is 48.7 Å². The van der Waals surface area contributed by atoms with Crippen LogP contribution in [-0.2, 0) is 11.3 Å². The maximum absolute atomic E-state index is 12.2. The first-order valence-electron chi connectivity index (χ1n) is 8.38. The van der Waals surface area contributed by atoms with Gasteiger partial charge in [0.25, 0.3) is 0 Å². The molecule has 134 valence electrons. The van der Waals surface area contributed by atoms with Crippen molar-refractivity contribution in [2.75, 3.05) is 25.9 Å². The van der Waals surface area contributed by atoms with Crippen LogP contribution in [0, 0.1) is 0 Å². The van der Waals surface area contributed by atoms with E-state index in [-0.39, 0.29) is 12.1 Å². The highest BCUT2D eigenvalue weighted by atomic mass is 35.5. The number of hydrogen-bond donors (Lipinski definition) is 1. The molecular formula is C18H28ClN3O2. The average molecular weight is 354 g/mol. The van der Waals surface area contributed by atoms with Crippen molar-refractivity contribution in [2.45, 2.75) is 51.8 Å². The molecule has 1 aliphatic heterocycles. The molecule has 2 rings (SSSR count). The predicted molar refractivity (Wildman–Crippen MR) is 98.2 cm³/mol. The second-order valence-electron chi connectivity index (χ2n) is 7.45. The first-order valence-corrected chi connectivity index (χ1v) is 8.75. The highest BCUT2D eigenvalue weighted by molar-refractivity contribution is 6.31. The second-order valence-corrected chi connectivity index (χ2v) is 7.86. The van der Waals surface area contributed by atoms with Crippen LogP contribution in [0.3, 0.4) is 0 Å². The lowest BCUT2D eigenvalue weighted by atomic mass is 10.0. The number of rotatable bonds is 3. The number of nitrogen functional groups attached to an aromatic ring is 1. The van der Waals surface area contributed by atoms with E-state index in [2.05, 4.69) is 4.90 Å². The molecule has 0 aromatic heterocycles. The van der Waals surface area contributed by atoms with Crippen molar-refractivity contribution in [1.82, 2.24) is 9.80 Å². The Morgan fingerprint density at radius 1 is 1.38 bits per heavy atom. The number of nitrogens with zero attached hydrogens (tertiary/aromatic N) is 2. The number of benzene rings is 1. The van der Waals surface area contributed by atoms with E-state index in [1.54, 1.807) is 4.90 Å². The largest absolute Gasteiger partial charge is 0.444 e. The standard InChI is InChI=1S/C18H28ClN3O2/c1-18(2,3)24-17(23)21(4)15-7-9-22(10-8-15)12-13-11-14(20)5-6-16(13)19/h5-6,11,15H,7-10,12,20H2,1-4H3. The molecule has 1 saturated heterocycles. The maximum atomic E-state index is 12.2. The minimum Gasteiger partial charge on any atom is -0.444 e. The number of likely N-dealkylation sites (tertiary alicyclic amines) is 1. The van der Waals surface area contributed by atoms with Crippen molar-refractivity contribution in [2.24, 2.45) is 0 Å². The van der Waals surface area contributed by atoms with Crippen LogP contribution >= 0.6 is 11.6 Å². The van der Waals surface area contributed by atoms with E-state index >= 15 is 0 Å². The highest BCUT2D eigenvalue weighted by Crippen LogP contribution is 2.24. The number of anilines is 1. The summed E-state index contributed by atoms with van der Waals surface area (Å²) < 4.78 is 5.45. The number of carbonyl (C=O) groups excluding carboxylic acids is 1. The fourth-order valence-electron chi connectivity index (χ4n) is 2.90. The van der Waals surface area contributed by atoms with Gasteiger partial charge >= 0.3 is 6.09 Å². The van der Waals surface area contributed by atoms with Gasteiger partial charge in [-0.1, -0.05) is 11.6 Å². The quantitative estimate of drug-likeness (QED) is 0.841. The number of carbonyl (C=O) groups is 1. The van der Waals surface area contributed by atoms with E-state index in [0.29, 0.717) is 0 Å². The molecule has 6 heteroatoms. The lowest BCUT2D eigenvalue weighted by molar-refractivity contribution is 0.0149. The maximum Gasteiger partial charge on any atom is 0.410 e. The van der Waals surface area contributed by atoms with Crippen molar-refractivity contribution in [3.8, 4) is 0 Å². The summed E-state index contributed by atoms with van der Waals surface area (Å²) in [7, 11) is 1.82. The summed E-state index contributed by atoms with van der Waals surface area (Å²) >= 11 is 6.25. The zero-order chi connectivity index (χ0) is 17.9. The predicted octanol–water partition coefficient (Wildman–Crippen LogP) is 3.75. The highest BCUT2D eigenvalue weighted by Gasteiger charge is 2.28. The molecule has 0 atom stereocenters. The van der Waals surface area contributed by atoms with Crippen molar-refractivity contribution in [3.05, 3.63) is 28.8 Å². The third kappa shape index (κ3) is 5.28. The molecule has 0 aliphatic carbocycles. The Kier molecular flexibility index (Phi) is 5.99. The zero-order valence-corrected chi connectivity index (χ0v) is 15.8. The molecule has 0 spiro atoms. The van der Waals surface area contributed by atoms with Gasteiger partial charge in [-0.25, -0.2) is 4.79 Å². The number of hydrogen-bond acceptors (Lipinski definition) is 4. The van der Waals surface area contributed by atoms with Crippen LogP contribution in [0.2, 0.25) is 5.02 Å². The summed E-state index contributed by atoms with van der Waals surface area (Å²) in [5.41, 5.74) is 7.16. The number of amides is 1. The lowest BCUT2D eigenvalue weighted by Crippen LogP contribution is -2.46.